The molecule has 0 saturated heterocycles. The summed E-state index contributed by atoms with van der Waals surface area (Å²) >= 11 is 0. The van der Waals surface area contributed by atoms with Crippen LogP contribution in [0.25, 0.3) is 105 Å². The van der Waals surface area contributed by atoms with E-state index in [-0.39, 0.29) is 77.7 Å². The van der Waals surface area contributed by atoms with Crippen LogP contribution in [-0.4, -0.2) is 13.7 Å². The molecule has 0 N–H and O–H groups in total. The van der Waals surface area contributed by atoms with Crippen LogP contribution in [0.1, 0.15) is 26.0 Å². The number of fused-ring (bicyclic) bond motifs is 9. The molecule has 3 aromatic heterocycles. The maximum Gasteiger partial charge on any atom is 0.0667 e. The molecule has 9 aromatic carbocycles. The smallest absolute Gasteiger partial charge is 0.0667 e. The van der Waals surface area contributed by atoms with Gasteiger partial charge in [0.05, 0.1) is 64.8 Å². The van der Waals surface area contributed by atoms with Crippen molar-refractivity contribution in [3.63, 3.8) is 0 Å². The Balaban J connectivity index is 1.24. The molecule has 0 aliphatic heterocycles. The summed E-state index contributed by atoms with van der Waals surface area (Å²) in [5.41, 5.74) is -0.216. The monoisotopic (exact) mass is 744 g/mol. The molecule has 3 heteroatoms. The lowest BCUT2D eigenvalue weighted by atomic mass is 10.0. The number of nitrogens with zero attached hydrogens (tertiary/aromatic N) is 3. The third-order valence-corrected chi connectivity index (χ3v) is 10.3. The van der Waals surface area contributed by atoms with Crippen LogP contribution in [0.3, 0.4) is 0 Å². The first-order valence-corrected chi connectivity index (χ1v) is 18.1. The Kier molecular flexibility index (Phi) is 4.01. The summed E-state index contributed by atoms with van der Waals surface area (Å²) in [6, 6.07) is 16.0. The van der Waals surface area contributed by atoms with Gasteiger partial charge in [0, 0.05) is 49.3 Å². The van der Waals surface area contributed by atoms with Gasteiger partial charge in [0.1, 0.15) is 0 Å². The van der Waals surface area contributed by atoms with Gasteiger partial charge in [0.25, 0.3) is 0 Å². The van der Waals surface area contributed by atoms with E-state index in [4.69, 9.17) is 9.60 Å². The number of benzene rings is 9. The second-order valence-electron chi connectivity index (χ2n) is 13.4. The summed E-state index contributed by atoms with van der Waals surface area (Å²) in [5.74, 6) is 0. The molecule has 0 bridgehead atoms. The van der Waals surface area contributed by atoms with E-state index in [1.165, 1.54) is 21.3 Å². The van der Waals surface area contributed by atoms with E-state index in [1.54, 1.807) is 54.6 Å². The molecule has 57 heavy (non-hydrogen) atoms. The summed E-state index contributed by atoms with van der Waals surface area (Å²) in [7, 11) is 0. The van der Waals surface area contributed by atoms with Gasteiger partial charge in [-0.1, -0.05) is 139 Å². The number of rotatable bonds is 5. The van der Waals surface area contributed by atoms with Crippen molar-refractivity contribution >= 4 is 65.4 Å². The molecule has 0 saturated carbocycles. The van der Waals surface area contributed by atoms with Crippen molar-refractivity contribution < 1.29 is 26.0 Å². The van der Waals surface area contributed by atoms with Crippen LogP contribution in [0.4, 0.5) is 0 Å². The van der Waals surface area contributed by atoms with Gasteiger partial charge in [-0.2, -0.15) is 0 Å². The molecule has 12 rings (SSSR count). The first-order valence-electron chi connectivity index (χ1n) is 27.6. The quantitative estimate of drug-likeness (QED) is 0.167. The Morgan fingerprint density at radius 3 is 1.54 bits per heavy atom. The summed E-state index contributed by atoms with van der Waals surface area (Å²) in [6.07, 6.45) is 0. The molecule has 0 radical (unpaired) electrons. The van der Waals surface area contributed by atoms with Crippen molar-refractivity contribution in [2.24, 2.45) is 0 Å². The lowest BCUT2D eigenvalue weighted by molar-refractivity contribution is 1.15. The summed E-state index contributed by atoms with van der Waals surface area (Å²) in [6.45, 7) is 0. The molecule has 3 nitrogen and oxygen atoms in total. The number of aromatic nitrogens is 3. The van der Waals surface area contributed by atoms with Gasteiger partial charge >= 0.3 is 0 Å². The Hall–Kier alpha value is -7.62. The maximum absolute atomic E-state index is 10.0. The third-order valence-electron chi connectivity index (χ3n) is 10.3. The molecule has 3 heterocycles. The van der Waals surface area contributed by atoms with Crippen LogP contribution >= 0.6 is 0 Å². The fourth-order valence-corrected chi connectivity index (χ4v) is 7.87. The molecule has 0 aliphatic rings. The van der Waals surface area contributed by atoms with E-state index in [0.29, 0.717) is 22.5 Å². The number of para-hydroxylation sites is 5. The predicted octanol–water partition coefficient (Wildman–Crippen LogP) is 14.3. The van der Waals surface area contributed by atoms with Crippen LogP contribution in [0.5, 0.6) is 0 Å². The fourth-order valence-electron chi connectivity index (χ4n) is 7.87. The molecule has 0 amide bonds. The topological polar surface area (TPSA) is 14.8 Å². The average molecular weight is 745 g/mol. The van der Waals surface area contributed by atoms with Gasteiger partial charge < -0.3 is 13.7 Å². The van der Waals surface area contributed by atoms with Crippen LogP contribution in [0, 0.1) is 0 Å². The van der Waals surface area contributed by atoms with Crippen LogP contribution in [-0.2, 0) is 0 Å². The van der Waals surface area contributed by atoms with Gasteiger partial charge in [-0.15, -0.1) is 0 Å². The van der Waals surface area contributed by atoms with Crippen LogP contribution in [0.15, 0.2) is 212 Å². The number of hydrogen-bond acceptors (Lipinski definition) is 0. The predicted molar refractivity (Wildman–Crippen MR) is 240 cm³/mol. The average Bonchev–Trinajstić information content (AvgIpc) is 4.16. The Bertz CT molecular complexity index is 4620. The molecule has 0 spiro atoms. The van der Waals surface area contributed by atoms with Gasteiger partial charge in [-0.25, -0.2) is 0 Å². The van der Waals surface area contributed by atoms with E-state index in [9.17, 15) is 16.4 Å². The Labute approximate surface area is 356 Å². The van der Waals surface area contributed by atoms with E-state index in [2.05, 4.69) is 0 Å². The van der Waals surface area contributed by atoms with E-state index >= 15 is 0 Å². The molecule has 0 atom stereocenters. The highest BCUT2D eigenvalue weighted by atomic mass is 15.0. The van der Waals surface area contributed by atoms with Crippen molar-refractivity contribution in [3.05, 3.63) is 212 Å². The highest BCUT2D eigenvalue weighted by molar-refractivity contribution is 6.14. The second kappa shape index (κ2) is 12.5. The minimum Gasteiger partial charge on any atom is -0.309 e. The Morgan fingerprint density at radius 1 is 0.298 bits per heavy atom. The normalized spacial score (nSPS) is 16.5. The SMILES string of the molecule is [2H]c1cc2c3cc([2H])c(-n4c5c([2H])c([2H])c([2H])c([2H])c5c5c([2H])c(-c6c([2H])c([2H])c7c(c6[2H])c6c([2H])c([2H])c([2H])c([2H])c6n7-c6ccccc6-c6ccccc6)c([2H])c([2H])c54)c([2H])c3n(-c3ccccc3)c2c([2H])c1[2H]. The van der Waals surface area contributed by atoms with E-state index < -0.39 is 119 Å². The summed E-state index contributed by atoms with van der Waals surface area (Å²) in [4.78, 5) is 0. The molecule has 0 unspecified atom stereocenters. The van der Waals surface area contributed by atoms with Crippen LogP contribution < -0.4 is 0 Å². The number of hydrogen-bond donors (Lipinski definition) is 0. The lowest BCUT2D eigenvalue weighted by Gasteiger charge is -2.14. The molecule has 0 aliphatic carbocycles. The van der Waals surface area contributed by atoms with Crippen LogP contribution in [0.2, 0.25) is 0 Å². The second-order valence-corrected chi connectivity index (χ2v) is 13.4. The summed E-state index contributed by atoms with van der Waals surface area (Å²) in [5, 5.41) is -0.635. The first kappa shape index (κ1) is 18.3. The zero-order valence-electron chi connectivity index (χ0n) is 48.6. The minimum absolute atomic E-state index is 0.0689. The lowest BCUT2D eigenvalue weighted by Crippen LogP contribution is -1.97. The van der Waals surface area contributed by atoms with Crippen molar-refractivity contribution in [3.8, 4) is 39.3 Å². The largest absolute Gasteiger partial charge is 0.309 e. The molecule has 0 fully saturated rings. The van der Waals surface area contributed by atoms with E-state index in [1.807, 2.05) is 30.3 Å². The summed E-state index contributed by atoms with van der Waals surface area (Å²) < 4.78 is 181. The zero-order chi connectivity index (χ0) is 54.0. The van der Waals surface area contributed by atoms with Gasteiger partial charge in [-0.05, 0) is 89.3 Å². The first-order chi connectivity index (χ1) is 36.2. The van der Waals surface area contributed by atoms with Gasteiger partial charge in [0.2, 0.25) is 0 Å². The van der Waals surface area contributed by atoms with Crippen molar-refractivity contribution in [2.75, 3.05) is 0 Å². The molecule has 12 aromatic rings. The van der Waals surface area contributed by atoms with Crippen molar-refractivity contribution in [1.82, 2.24) is 13.7 Å². The zero-order valence-corrected chi connectivity index (χ0v) is 29.6. The third kappa shape index (κ3) is 4.79. The highest BCUT2D eigenvalue weighted by Crippen LogP contribution is 2.41. The van der Waals surface area contributed by atoms with Gasteiger partial charge in [0.15, 0.2) is 0 Å². The maximum atomic E-state index is 10.0. The van der Waals surface area contributed by atoms with Gasteiger partial charge in [-0.3, -0.25) is 0 Å². The fraction of sp³-hybridized carbons (Fsp3) is 0. The van der Waals surface area contributed by atoms with Crippen molar-refractivity contribution in [1.29, 1.82) is 0 Å². The highest BCUT2D eigenvalue weighted by Gasteiger charge is 2.19. The van der Waals surface area contributed by atoms with E-state index in [0.717, 1.165) is 4.57 Å². The molecular weight excluding hydrogens is 691 g/mol. The molecular formula is C54H35N3. The standard InChI is InChI=1S/C54H35N3/c1-3-15-36(16-4-1)41-19-7-11-23-48(41)57-51-26-14-10-22-44(51)47-34-38(28-32-53(47)57)37-27-31-52-46(33-37)43-21-9-13-25-50(43)56(52)40-29-30-45-42-20-8-12-24-49(42)55(54(45)35-40)39-17-5-2-6-18-39/h1-35H/i8D,9D,10D,12D,13D,14D,21D,22D,24D,25D,26D,27D,28D,29D,31D,32D,33D,34D,35D. The molecule has 266 valence electrons. The minimum atomic E-state index is -0.806. The van der Waals surface area contributed by atoms with Crippen molar-refractivity contribution in [2.45, 2.75) is 0 Å². The Morgan fingerprint density at radius 2 is 0.825 bits per heavy atom.